The number of amides is 1. The molecule has 0 spiro atoms. The van der Waals surface area contributed by atoms with Crippen molar-refractivity contribution in [2.75, 3.05) is 12.9 Å². The van der Waals surface area contributed by atoms with Crippen LogP contribution in [0.25, 0.3) is 15.9 Å². The lowest BCUT2D eigenvalue weighted by molar-refractivity contribution is -0.118. The number of aryl methyl sites for hydroxylation is 2. The first-order valence-electron chi connectivity index (χ1n) is 9.63. The minimum Gasteiger partial charge on any atom is -0.497 e. The van der Waals surface area contributed by atoms with Gasteiger partial charge in [0.2, 0.25) is 5.91 Å². The molecule has 0 unspecified atom stereocenters. The number of thioether (sulfide) groups is 1. The first kappa shape index (κ1) is 20.0. The number of nitrogens with zero attached hydrogens (tertiary/aromatic N) is 2. The van der Waals surface area contributed by atoms with Crippen molar-refractivity contribution in [3.63, 3.8) is 0 Å². The van der Waals surface area contributed by atoms with E-state index in [2.05, 4.69) is 12.2 Å². The molecule has 3 aromatic rings. The highest BCUT2D eigenvalue weighted by Gasteiger charge is 2.24. The zero-order valence-corrected chi connectivity index (χ0v) is 18.3. The summed E-state index contributed by atoms with van der Waals surface area (Å²) in [5, 5.41) is 4.16. The van der Waals surface area contributed by atoms with Crippen LogP contribution in [0.3, 0.4) is 0 Å². The summed E-state index contributed by atoms with van der Waals surface area (Å²) in [6, 6.07) is 7.66. The molecule has 0 aliphatic heterocycles. The van der Waals surface area contributed by atoms with E-state index in [0.717, 1.165) is 34.5 Å². The molecule has 1 aromatic carbocycles. The summed E-state index contributed by atoms with van der Waals surface area (Å²) in [4.78, 5) is 32.4. The average molecular weight is 430 g/mol. The van der Waals surface area contributed by atoms with Gasteiger partial charge in [-0.2, -0.15) is 0 Å². The molecule has 1 amide bonds. The number of carbonyl (C=O) groups is 1. The molecule has 2 aromatic heterocycles. The van der Waals surface area contributed by atoms with E-state index in [1.54, 1.807) is 23.0 Å². The van der Waals surface area contributed by atoms with E-state index in [1.165, 1.54) is 11.8 Å². The zero-order chi connectivity index (χ0) is 20.5. The third kappa shape index (κ3) is 4.04. The van der Waals surface area contributed by atoms with Crippen molar-refractivity contribution in [3.05, 3.63) is 45.1 Å². The first-order chi connectivity index (χ1) is 14.0. The third-order valence-electron chi connectivity index (χ3n) is 4.94. The van der Waals surface area contributed by atoms with E-state index in [0.29, 0.717) is 28.0 Å². The summed E-state index contributed by atoms with van der Waals surface area (Å²) in [6.45, 7) is 4.06. The Bertz CT molecular complexity index is 1130. The average Bonchev–Trinajstić information content (AvgIpc) is 3.47. The lowest BCUT2D eigenvalue weighted by atomic mass is 10.2. The summed E-state index contributed by atoms with van der Waals surface area (Å²) in [6.07, 6.45) is 2.95. The van der Waals surface area contributed by atoms with Crippen molar-refractivity contribution in [3.8, 4) is 11.4 Å². The quantitative estimate of drug-likeness (QED) is 0.458. The van der Waals surface area contributed by atoms with Gasteiger partial charge in [-0.3, -0.25) is 14.2 Å². The minimum atomic E-state index is -0.109. The second-order valence-electron chi connectivity index (χ2n) is 7.05. The van der Waals surface area contributed by atoms with Crippen LogP contribution in [-0.4, -0.2) is 34.4 Å². The smallest absolute Gasteiger partial charge is 0.267 e. The van der Waals surface area contributed by atoms with E-state index in [-0.39, 0.29) is 17.2 Å². The van der Waals surface area contributed by atoms with Crippen LogP contribution in [0.5, 0.6) is 5.75 Å². The molecule has 1 saturated carbocycles. The topological polar surface area (TPSA) is 73.2 Å². The molecular formula is C21H23N3O3S2. The Balaban J connectivity index is 1.82. The summed E-state index contributed by atoms with van der Waals surface area (Å²) >= 11 is 2.85. The highest BCUT2D eigenvalue weighted by molar-refractivity contribution is 7.99. The highest BCUT2D eigenvalue weighted by Crippen LogP contribution is 2.31. The first-order valence-corrected chi connectivity index (χ1v) is 11.4. The number of methoxy groups -OCH3 is 1. The molecule has 29 heavy (non-hydrogen) atoms. The fourth-order valence-corrected chi connectivity index (χ4v) is 5.23. The van der Waals surface area contributed by atoms with E-state index in [9.17, 15) is 9.59 Å². The van der Waals surface area contributed by atoms with Gasteiger partial charge in [0, 0.05) is 17.0 Å². The number of thiophene rings is 1. The molecule has 1 aliphatic rings. The van der Waals surface area contributed by atoms with Crippen molar-refractivity contribution < 1.29 is 9.53 Å². The molecular weight excluding hydrogens is 406 g/mol. The number of carbonyl (C=O) groups excluding carboxylic acids is 1. The van der Waals surface area contributed by atoms with Crippen LogP contribution in [0.2, 0.25) is 0 Å². The van der Waals surface area contributed by atoms with Crippen LogP contribution < -0.4 is 15.6 Å². The zero-order valence-electron chi connectivity index (χ0n) is 16.7. The lowest BCUT2D eigenvalue weighted by Gasteiger charge is -2.13. The molecule has 0 radical (unpaired) electrons. The Kier molecular flexibility index (Phi) is 5.65. The Morgan fingerprint density at radius 2 is 2.21 bits per heavy atom. The lowest BCUT2D eigenvalue weighted by Crippen LogP contribution is -2.28. The van der Waals surface area contributed by atoms with E-state index >= 15 is 0 Å². The Morgan fingerprint density at radius 1 is 1.41 bits per heavy atom. The summed E-state index contributed by atoms with van der Waals surface area (Å²) in [7, 11) is 1.59. The molecule has 1 N–H and O–H groups in total. The van der Waals surface area contributed by atoms with Gasteiger partial charge >= 0.3 is 0 Å². The van der Waals surface area contributed by atoms with Gasteiger partial charge < -0.3 is 10.1 Å². The Morgan fingerprint density at radius 3 is 2.90 bits per heavy atom. The molecule has 1 fully saturated rings. The van der Waals surface area contributed by atoms with E-state index in [4.69, 9.17) is 9.72 Å². The normalized spacial score (nSPS) is 13.6. The fourth-order valence-electron chi connectivity index (χ4n) is 3.25. The molecule has 1 aliphatic carbocycles. The van der Waals surface area contributed by atoms with Gasteiger partial charge in [0.1, 0.15) is 10.6 Å². The summed E-state index contributed by atoms with van der Waals surface area (Å²) in [5.41, 5.74) is 1.56. The molecule has 0 bridgehead atoms. The molecule has 8 heteroatoms. The SMILES string of the molecule is CCc1sc2nc(SCC(=O)NC3CC3)n(-c3cccc(OC)c3)c(=O)c2c1C. The van der Waals surface area contributed by atoms with Crippen molar-refractivity contribution in [2.45, 2.75) is 44.3 Å². The van der Waals surface area contributed by atoms with Crippen molar-refractivity contribution >= 4 is 39.2 Å². The third-order valence-corrected chi connectivity index (χ3v) is 7.21. The maximum absolute atomic E-state index is 13.5. The molecule has 6 nitrogen and oxygen atoms in total. The van der Waals surface area contributed by atoms with Gasteiger partial charge in [-0.25, -0.2) is 4.98 Å². The number of nitrogens with one attached hydrogen (secondary N) is 1. The van der Waals surface area contributed by atoms with E-state index < -0.39 is 0 Å². The minimum absolute atomic E-state index is 0.0272. The van der Waals surface area contributed by atoms with Crippen molar-refractivity contribution in [2.24, 2.45) is 0 Å². The predicted molar refractivity (Wildman–Crippen MR) is 118 cm³/mol. The number of aromatic nitrogens is 2. The van der Waals surface area contributed by atoms with Gasteiger partial charge in [-0.05, 0) is 43.9 Å². The van der Waals surface area contributed by atoms with Crippen molar-refractivity contribution in [1.29, 1.82) is 0 Å². The van der Waals surface area contributed by atoms with Crippen LogP contribution in [0.15, 0.2) is 34.2 Å². The maximum Gasteiger partial charge on any atom is 0.267 e. The molecule has 4 rings (SSSR count). The number of fused-ring (bicyclic) bond motifs is 1. The monoisotopic (exact) mass is 429 g/mol. The molecule has 2 heterocycles. The standard InChI is InChI=1S/C21H23N3O3S2/c1-4-16-12(2)18-19(29-16)23-21(28-11-17(25)22-13-8-9-13)24(20(18)26)14-6-5-7-15(10-14)27-3/h5-7,10,13H,4,8-9,11H2,1-3H3,(H,22,25). The van der Waals surface area contributed by atoms with Crippen molar-refractivity contribution in [1.82, 2.24) is 14.9 Å². The Labute approximate surface area is 177 Å². The van der Waals surface area contributed by atoms with Crippen LogP contribution >= 0.6 is 23.1 Å². The second-order valence-corrected chi connectivity index (χ2v) is 9.08. The van der Waals surface area contributed by atoms with Gasteiger partial charge in [0.25, 0.3) is 5.56 Å². The largest absolute Gasteiger partial charge is 0.497 e. The maximum atomic E-state index is 13.5. The predicted octanol–water partition coefficient (Wildman–Crippen LogP) is 3.70. The van der Waals surface area contributed by atoms with Gasteiger partial charge in [0.05, 0.1) is 23.9 Å². The molecule has 152 valence electrons. The highest BCUT2D eigenvalue weighted by atomic mass is 32.2. The van der Waals surface area contributed by atoms with Gasteiger partial charge in [0.15, 0.2) is 5.16 Å². The van der Waals surface area contributed by atoms with Crippen LogP contribution in [-0.2, 0) is 11.2 Å². The molecule has 0 atom stereocenters. The number of rotatable bonds is 7. The number of benzene rings is 1. The second kappa shape index (κ2) is 8.20. The molecule has 0 saturated heterocycles. The number of ether oxygens (including phenoxy) is 1. The van der Waals surface area contributed by atoms with Crippen LogP contribution in [0.4, 0.5) is 0 Å². The van der Waals surface area contributed by atoms with E-state index in [1.807, 2.05) is 31.2 Å². The summed E-state index contributed by atoms with van der Waals surface area (Å²) in [5.74, 6) is 0.859. The number of hydrogen-bond donors (Lipinski definition) is 1. The van der Waals surface area contributed by atoms with Crippen LogP contribution in [0, 0.1) is 6.92 Å². The van der Waals surface area contributed by atoms with Gasteiger partial charge in [-0.1, -0.05) is 24.8 Å². The summed E-state index contributed by atoms with van der Waals surface area (Å²) < 4.78 is 6.93. The van der Waals surface area contributed by atoms with Gasteiger partial charge in [-0.15, -0.1) is 11.3 Å². The van der Waals surface area contributed by atoms with Crippen LogP contribution in [0.1, 0.15) is 30.2 Å². The fraction of sp³-hybridized carbons (Fsp3) is 0.381. The Hall–Kier alpha value is -2.32. The number of hydrogen-bond acceptors (Lipinski definition) is 6.